The zero-order chi connectivity index (χ0) is 17.0. The summed E-state index contributed by atoms with van der Waals surface area (Å²) in [5, 5.41) is 6.39. The van der Waals surface area contributed by atoms with Gasteiger partial charge in [-0.2, -0.15) is 11.8 Å². The Bertz CT molecular complexity index is 560. The minimum Gasteiger partial charge on any atom is -0.356 e. The van der Waals surface area contributed by atoms with E-state index in [-0.39, 0.29) is 5.75 Å². The number of unbranched alkanes of at least 4 members (excludes halogenated alkanes) is 1. The third-order valence-electron chi connectivity index (χ3n) is 3.28. The molecule has 0 heterocycles. The molecular weight excluding hydrogens is 330 g/mol. The molecule has 0 amide bonds. The van der Waals surface area contributed by atoms with Gasteiger partial charge in [0.1, 0.15) is 0 Å². The van der Waals surface area contributed by atoms with E-state index in [1.54, 1.807) is 31.3 Å². The molecule has 0 aliphatic heterocycles. The molecule has 7 heteroatoms. The summed E-state index contributed by atoms with van der Waals surface area (Å²) < 4.78 is 24.3. The van der Waals surface area contributed by atoms with E-state index in [1.165, 1.54) is 12.2 Å². The highest BCUT2D eigenvalue weighted by Gasteiger charge is 2.12. The Morgan fingerprint density at radius 2 is 1.74 bits per heavy atom. The second-order valence-electron chi connectivity index (χ2n) is 5.11. The average molecular weight is 358 g/mol. The quantitative estimate of drug-likeness (QED) is 0.381. The van der Waals surface area contributed by atoms with Crippen LogP contribution in [0.25, 0.3) is 0 Å². The first-order valence-corrected chi connectivity index (χ1v) is 10.9. The van der Waals surface area contributed by atoms with E-state index in [1.807, 2.05) is 17.8 Å². The number of benzene rings is 1. The first kappa shape index (κ1) is 19.8. The van der Waals surface area contributed by atoms with Crippen LogP contribution in [0.4, 0.5) is 0 Å². The molecule has 0 aromatic heterocycles. The number of guanidine groups is 1. The van der Waals surface area contributed by atoms with Crippen molar-refractivity contribution < 1.29 is 8.42 Å². The molecule has 0 spiro atoms. The monoisotopic (exact) mass is 357 g/mol. The van der Waals surface area contributed by atoms with Crippen LogP contribution in [0, 0.1) is 0 Å². The van der Waals surface area contributed by atoms with E-state index in [4.69, 9.17) is 0 Å². The van der Waals surface area contributed by atoms with Crippen LogP contribution < -0.4 is 10.6 Å². The fourth-order valence-electron chi connectivity index (χ4n) is 2.01. The van der Waals surface area contributed by atoms with E-state index in [0.717, 1.165) is 18.9 Å². The third kappa shape index (κ3) is 8.27. The maximum absolute atomic E-state index is 12.1. The van der Waals surface area contributed by atoms with Gasteiger partial charge in [0.15, 0.2) is 15.8 Å². The molecule has 0 bridgehead atoms. The fraction of sp³-hybridized carbons (Fsp3) is 0.562. The molecule has 2 N–H and O–H groups in total. The third-order valence-corrected chi connectivity index (χ3v) is 5.79. The summed E-state index contributed by atoms with van der Waals surface area (Å²) in [6.07, 6.45) is 4.94. The zero-order valence-corrected chi connectivity index (χ0v) is 15.5. The lowest BCUT2D eigenvalue weighted by Gasteiger charge is -2.11. The Hall–Kier alpha value is -1.21. The van der Waals surface area contributed by atoms with Gasteiger partial charge in [0.05, 0.1) is 10.6 Å². The number of hydrogen-bond donors (Lipinski definition) is 2. The van der Waals surface area contributed by atoms with Crippen LogP contribution in [0.2, 0.25) is 0 Å². The molecule has 0 saturated carbocycles. The molecule has 0 aliphatic carbocycles. The van der Waals surface area contributed by atoms with E-state index in [0.29, 0.717) is 17.9 Å². The second-order valence-corrected chi connectivity index (χ2v) is 8.21. The SMILES string of the molecule is CN=C(NCCCCSC)NCCCS(=O)(=O)c1ccccc1. The molecule has 0 aliphatic rings. The van der Waals surface area contributed by atoms with Crippen LogP contribution in [-0.2, 0) is 9.84 Å². The van der Waals surface area contributed by atoms with Crippen molar-refractivity contribution in [1.82, 2.24) is 10.6 Å². The fourth-order valence-corrected chi connectivity index (χ4v) is 3.84. The second kappa shape index (κ2) is 11.3. The van der Waals surface area contributed by atoms with Crippen molar-refractivity contribution in [3.63, 3.8) is 0 Å². The van der Waals surface area contributed by atoms with Gasteiger partial charge in [-0.05, 0) is 43.4 Å². The van der Waals surface area contributed by atoms with Gasteiger partial charge < -0.3 is 10.6 Å². The van der Waals surface area contributed by atoms with Gasteiger partial charge in [-0.25, -0.2) is 8.42 Å². The van der Waals surface area contributed by atoms with Crippen molar-refractivity contribution in [1.29, 1.82) is 0 Å². The highest BCUT2D eigenvalue weighted by atomic mass is 32.2. The first-order valence-electron chi connectivity index (χ1n) is 7.81. The Labute approximate surface area is 144 Å². The van der Waals surface area contributed by atoms with Crippen molar-refractivity contribution in [2.45, 2.75) is 24.2 Å². The van der Waals surface area contributed by atoms with Gasteiger partial charge in [0, 0.05) is 20.1 Å². The lowest BCUT2D eigenvalue weighted by atomic mass is 10.3. The maximum atomic E-state index is 12.1. The summed E-state index contributed by atoms with van der Waals surface area (Å²) in [7, 11) is -1.47. The Kier molecular flexibility index (Phi) is 9.78. The van der Waals surface area contributed by atoms with Gasteiger partial charge >= 0.3 is 0 Å². The number of rotatable bonds is 10. The number of aliphatic imine (C=N–C) groups is 1. The van der Waals surface area contributed by atoms with Crippen LogP contribution in [0.3, 0.4) is 0 Å². The zero-order valence-electron chi connectivity index (χ0n) is 13.9. The smallest absolute Gasteiger partial charge is 0.190 e. The molecule has 0 fully saturated rings. The Morgan fingerprint density at radius 1 is 1.09 bits per heavy atom. The van der Waals surface area contributed by atoms with Gasteiger partial charge in [-0.1, -0.05) is 18.2 Å². The lowest BCUT2D eigenvalue weighted by molar-refractivity contribution is 0.592. The van der Waals surface area contributed by atoms with Crippen molar-refractivity contribution >= 4 is 27.6 Å². The number of sulfone groups is 1. The van der Waals surface area contributed by atoms with Crippen molar-refractivity contribution in [2.75, 3.05) is 37.9 Å². The Balaban J connectivity index is 2.25. The average Bonchev–Trinajstić information content (AvgIpc) is 2.57. The summed E-state index contributed by atoms with van der Waals surface area (Å²) in [6.45, 7) is 1.46. The molecule has 0 radical (unpaired) electrons. The van der Waals surface area contributed by atoms with Crippen molar-refractivity contribution in [3.05, 3.63) is 30.3 Å². The van der Waals surface area contributed by atoms with Crippen LogP contribution in [0.1, 0.15) is 19.3 Å². The summed E-state index contributed by atoms with van der Waals surface area (Å²) in [4.78, 5) is 4.52. The molecule has 0 atom stereocenters. The molecule has 0 unspecified atom stereocenters. The van der Waals surface area contributed by atoms with Crippen LogP contribution in [-0.4, -0.2) is 52.3 Å². The molecule has 130 valence electrons. The number of thioether (sulfide) groups is 1. The highest BCUT2D eigenvalue weighted by molar-refractivity contribution is 7.98. The van der Waals surface area contributed by atoms with Gasteiger partial charge in [-0.15, -0.1) is 0 Å². The molecule has 0 saturated heterocycles. The molecular formula is C16H27N3O2S2. The number of hydrogen-bond acceptors (Lipinski definition) is 4. The van der Waals surface area contributed by atoms with Crippen LogP contribution >= 0.6 is 11.8 Å². The summed E-state index contributed by atoms with van der Waals surface area (Å²) in [6, 6.07) is 8.58. The lowest BCUT2D eigenvalue weighted by Crippen LogP contribution is -2.38. The minimum absolute atomic E-state index is 0.134. The molecule has 5 nitrogen and oxygen atoms in total. The number of nitrogens with one attached hydrogen (secondary N) is 2. The highest BCUT2D eigenvalue weighted by Crippen LogP contribution is 2.10. The van der Waals surface area contributed by atoms with Gasteiger partial charge in [0.25, 0.3) is 0 Å². The molecule has 1 aromatic rings. The predicted octanol–water partition coefficient (Wildman–Crippen LogP) is 2.16. The standard InChI is InChI=1S/C16H27N3O2S2/c1-17-16(18-11-6-7-13-22-2)19-12-8-14-23(20,21)15-9-4-3-5-10-15/h3-5,9-10H,6-8,11-14H2,1-2H3,(H2,17,18,19). The van der Waals surface area contributed by atoms with Crippen molar-refractivity contribution in [3.8, 4) is 0 Å². The maximum Gasteiger partial charge on any atom is 0.190 e. The predicted molar refractivity (Wildman–Crippen MR) is 100 cm³/mol. The molecule has 23 heavy (non-hydrogen) atoms. The minimum atomic E-state index is -3.19. The number of nitrogens with zero attached hydrogens (tertiary/aromatic N) is 1. The van der Waals surface area contributed by atoms with E-state index < -0.39 is 9.84 Å². The van der Waals surface area contributed by atoms with Gasteiger partial charge in [0.2, 0.25) is 0 Å². The van der Waals surface area contributed by atoms with Crippen LogP contribution in [0.15, 0.2) is 40.2 Å². The van der Waals surface area contributed by atoms with E-state index in [9.17, 15) is 8.42 Å². The summed E-state index contributed by atoms with van der Waals surface area (Å²) in [5.74, 6) is 2.03. The largest absolute Gasteiger partial charge is 0.356 e. The summed E-state index contributed by atoms with van der Waals surface area (Å²) in [5.41, 5.74) is 0. The topological polar surface area (TPSA) is 70.6 Å². The molecule has 1 aromatic carbocycles. The molecule has 1 rings (SSSR count). The Morgan fingerprint density at radius 3 is 2.35 bits per heavy atom. The summed E-state index contributed by atoms with van der Waals surface area (Å²) >= 11 is 1.85. The van der Waals surface area contributed by atoms with E-state index in [2.05, 4.69) is 21.9 Å². The first-order chi connectivity index (χ1) is 11.1. The van der Waals surface area contributed by atoms with Gasteiger partial charge in [-0.3, -0.25) is 4.99 Å². The van der Waals surface area contributed by atoms with Crippen LogP contribution in [0.5, 0.6) is 0 Å². The van der Waals surface area contributed by atoms with Crippen molar-refractivity contribution in [2.24, 2.45) is 4.99 Å². The normalized spacial score (nSPS) is 12.2. The van der Waals surface area contributed by atoms with E-state index >= 15 is 0 Å².